The molecule has 2 fully saturated rings. The first-order valence-electron chi connectivity index (χ1n) is 12.8. The Morgan fingerprint density at radius 3 is 1.88 bits per heavy atom. The first kappa shape index (κ1) is 29.8. The highest BCUT2D eigenvalue weighted by atomic mass is 16.7. The zero-order valence-electron chi connectivity index (χ0n) is 22.1. The number of fused-ring (bicyclic) bond motifs is 1. The topological polar surface area (TPSA) is 252 Å². The summed E-state index contributed by atoms with van der Waals surface area (Å²) < 4.78 is 28.0. The molecular weight excluding hydrogens is 564 g/mol. The largest absolute Gasteiger partial charge is 0.870 e. The third-order valence-electron chi connectivity index (χ3n) is 7.23. The lowest BCUT2D eigenvalue weighted by Crippen LogP contribution is -2.58. The summed E-state index contributed by atoms with van der Waals surface area (Å²) in [6.07, 6.45) is -14.8. The van der Waals surface area contributed by atoms with Crippen molar-refractivity contribution in [1.29, 1.82) is 0 Å². The van der Waals surface area contributed by atoms with Gasteiger partial charge in [-0.05, 0) is 19.9 Å². The van der Waals surface area contributed by atoms with Crippen LogP contribution in [0.3, 0.4) is 0 Å². The van der Waals surface area contributed by atoms with Crippen LogP contribution in [0.15, 0.2) is 39.5 Å². The summed E-state index contributed by atoms with van der Waals surface area (Å²) in [5.41, 5.74) is -1.33. The Morgan fingerprint density at radius 2 is 1.31 bits per heavy atom. The first-order valence-corrected chi connectivity index (χ1v) is 12.8. The highest BCUT2D eigenvalue weighted by molar-refractivity contribution is 5.88. The van der Waals surface area contributed by atoms with Crippen molar-refractivity contribution in [2.45, 2.75) is 75.3 Å². The van der Waals surface area contributed by atoms with Crippen LogP contribution in [0.5, 0.6) is 28.7 Å². The summed E-state index contributed by atoms with van der Waals surface area (Å²) >= 11 is 0. The summed E-state index contributed by atoms with van der Waals surface area (Å²) in [5.74, 6) is -3.32. The summed E-state index contributed by atoms with van der Waals surface area (Å²) in [5, 5.41) is 93.1. The molecule has 3 heterocycles. The number of hydrogen-bond donors (Lipinski definition) is 8. The number of hydrogen-bond acceptors (Lipinski definition) is 15. The van der Waals surface area contributed by atoms with E-state index in [1.165, 1.54) is 19.9 Å². The average molecular weight is 594 g/mol. The zero-order valence-corrected chi connectivity index (χ0v) is 22.1. The summed E-state index contributed by atoms with van der Waals surface area (Å²) in [6, 6.07) is 5.33. The maximum Gasteiger partial charge on any atom is 0.239 e. The van der Waals surface area contributed by atoms with E-state index in [4.69, 9.17) is 23.4 Å². The van der Waals surface area contributed by atoms with Crippen molar-refractivity contribution < 1.29 is 69.3 Å². The standard InChI is InChI=1S/C27H30O15/c1-8-17(31)20(34)22(36)26(38-8)40-11-6-14(30)16-15(7-11)41-24(10-3-4-12(28)13(29)5-10)25(19(16)33)42-27-23(37)21(35)18(32)9(2)39-27/h3-9,17-18,20-23,26-32,34-37H,1-2H3/p-1/t8-,9-,17-,18-,20+,21+,22+,23+,26-,27-/m0/s1. The molecule has 1 aromatic heterocycles. The van der Waals surface area contributed by atoms with E-state index >= 15 is 0 Å². The molecule has 0 bridgehead atoms. The molecule has 8 N–H and O–H groups in total. The fourth-order valence-electron chi connectivity index (χ4n) is 4.75. The van der Waals surface area contributed by atoms with E-state index in [1.54, 1.807) is 0 Å². The van der Waals surface area contributed by atoms with E-state index < -0.39 is 95.2 Å². The Labute approximate surface area is 236 Å². The zero-order chi connectivity index (χ0) is 30.6. The van der Waals surface area contributed by atoms with Crippen molar-refractivity contribution in [3.05, 3.63) is 40.6 Å². The second-order valence-electron chi connectivity index (χ2n) is 10.2. The monoisotopic (exact) mass is 593 g/mol. The van der Waals surface area contributed by atoms with Gasteiger partial charge in [-0.15, -0.1) is 0 Å². The number of aliphatic hydroxyl groups is 6. The van der Waals surface area contributed by atoms with Gasteiger partial charge in [-0.1, -0.05) is 17.9 Å². The van der Waals surface area contributed by atoms with Crippen molar-refractivity contribution in [3.63, 3.8) is 0 Å². The van der Waals surface area contributed by atoms with Crippen LogP contribution >= 0.6 is 0 Å². The van der Waals surface area contributed by atoms with Gasteiger partial charge in [-0.3, -0.25) is 4.79 Å². The van der Waals surface area contributed by atoms with Crippen LogP contribution in [0.1, 0.15) is 13.8 Å². The molecule has 5 rings (SSSR count). The molecule has 42 heavy (non-hydrogen) atoms. The Hall–Kier alpha value is -3.67. The number of ether oxygens (including phenoxy) is 4. The highest BCUT2D eigenvalue weighted by Gasteiger charge is 2.45. The summed E-state index contributed by atoms with van der Waals surface area (Å²) in [4.78, 5) is 13.7. The molecule has 0 saturated carbocycles. The van der Waals surface area contributed by atoms with Crippen molar-refractivity contribution in [2.75, 3.05) is 0 Å². The number of phenolic OH excluding ortho intramolecular Hbond substituents is 2. The van der Waals surface area contributed by atoms with Gasteiger partial charge in [0, 0.05) is 17.7 Å². The van der Waals surface area contributed by atoms with Crippen LogP contribution in [0.4, 0.5) is 0 Å². The number of aliphatic hydroxyl groups excluding tert-OH is 6. The molecule has 228 valence electrons. The molecule has 2 aromatic carbocycles. The molecule has 0 radical (unpaired) electrons. The molecule has 15 heteroatoms. The molecule has 0 amide bonds. The van der Waals surface area contributed by atoms with Gasteiger partial charge in [-0.2, -0.15) is 0 Å². The van der Waals surface area contributed by atoms with Crippen LogP contribution in [-0.4, -0.2) is 102 Å². The van der Waals surface area contributed by atoms with Crippen LogP contribution in [0, 0.1) is 0 Å². The number of phenols is 2. The smallest absolute Gasteiger partial charge is 0.239 e. The van der Waals surface area contributed by atoms with Crippen LogP contribution < -0.4 is 20.0 Å². The molecule has 2 saturated heterocycles. The molecule has 3 aromatic rings. The van der Waals surface area contributed by atoms with Crippen molar-refractivity contribution in [1.82, 2.24) is 0 Å². The van der Waals surface area contributed by atoms with E-state index in [2.05, 4.69) is 0 Å². The normalized spacial score (nSPS) is 33.4. The number of benzene rings is 2. The van der Waals surface area contributed by atoms with Crippen molar-refractivity contribution in [2.24, 2.45) is 0 Å². The minimum absolute atomic E-state index is 0.0391. The van der Waals surface area contributed by atoms with Crippen LogP contribution in [0.2, 0.25) is 0 Å². The quantitative estimate of drug-likeness (QED) is 0.165. The second-order valence-corrected chi connectivity index (χ2v) is 10.2. The Morgan fingerprint density at radius 1 is 0.738 bits per heavy atom. The van der Waals surface area contributed by atoms with Crippen LogP contribution in [0.25, 0.3) is 22.3 Å². The van der Waals surface area contributed by atoms with E-state index in [-0.39, 0.29) is 22.7 Å². The van der Waals surface area contributed by atoms with E-state index in [9.17, 15) is 50.8 Å². The second kappa shape index (κ2) is 11.2. The Bertz CT molecular complexity index is 1520. The molecule has 2 aliphatic rings. The summed E-state index contributed by atoms with van der Waals surface area (Å²) in [7, 11) is 0. The summed E-state index contributed by atoms with van der Waals surface area (Å²) in [6.45, 7) is 2.84. The van der Waals surface area contributed by atoms with Gasteiger partial charge in [0.15, 0.2) is 5.76 Å². The van der Waals surface area contributed by atoms with Gasteiger partial charge in [-0.25, -0.2) is 0 Å². The molecule has 0 unspecified atom stereocenters. The fourth-order valence-corrected chi connectivity index (χ4v) is 4.75. The predicted octanol–water partition coefficient (Wildman–Crippen LogP) is -1.64. The molecule has 0 aliphatic carbocycles. The minimum atomic E-state index is -1.82. The lowest BCUT2D eigenvalue weighted by molar-refractivity contribution is -0.270. The maximum absolute atomic E-state index is 13.7. The van der Waals surface area contributed by atoms with Gasteiger partial charge >= 0.3 is 0 Å². The van der Waals surface area contributed by atoms with Gasteiger partial charge in [0.2, 0.25) is 23.8 Å². The lowest BCUT2D eigenvalue weighted by atomic mass is 10.00. The van der Waals surface area contributed by atoms with E-state index in [0.29, 0.717) is 0 Å². The van der Waals surface area contributed by atoms with Crippen LogP contribution in [-0.2, 0) is 9.47 Å². The molecular formula is C27H29O15-. The number of rotatable bonds is 5. The fraction of sp³-hybridized carbons (Fsp3) is 0.444. The third kappa shape index (κ3) is 5.21. The minimum Gasteiger partial charge on any atom is -0.870 e. The molecule has 15 nitrogen and oxygen atoms in total. The maximum atomic E-state index is 13.7. The van der Waals surface area contributed by atoms with Gasteiger partial charge in [0.1, 0.15) is 64.8 Å². The number of aromatic hydroxyl groups is 2. The highest BCUT2D eigenvalue weighted by Crippen LogP contribution is 2.39. The Balaban J connectivity index is 1.61. The van der Waals surface area contributed by atoms with E-state index in [0.717, 1.165) is 24.3 Å². The third-order valence-corrected chi connectivity index (χ3v) is 7.23. The Kier molecular flexibility index (Phi) is 7.95. The molecule has 10 atom stereocenters. The first-order chi connectivity index (χ1) is 19.8. The molecule has 0 spiro atoms. The predicted molar refractivity (Wildman–Crippen MR) is 137 cm³/mol. The van der Waals surface area contributed by atoms with Crippen molar-refractivity contribution in [3.8, 4) is 40.1 Å². The van der Waals surface area contributed by atoms with Gasteiger partial charge in [0.25, 0.3) is 0 Å². The average Bonchev–Trinajstić information content (AvgIpc) is 2.94. The van der Waals surface area contributed by atoms with Crippen molar-refractivity contribution >= 4 is 11.0 Å². The lowest BCUT2D eigenvalue weighted by Gasteiger charge is -2.39. The van der Waals surface area contributed by atoms with Gasteiger partial charge in [0.05, 0.1) is 12.2 Å². The van der Waals surface area contributed by atoms with E-state index in [1.807, 2.05) is 0 Å². The molecule has 2 aliphatic heterocycles. The van der Waals surface area contributed by atoms with Gasteiger partial charge < -0.3 is 69.3 Å². The SMILES string of the molecule is C[C@@H]1O[C@@H](Oc2cc(O)c3c(=O)c(O[C@@H]4O[C@@H](C)[C@H](O)[C@@H](O)[C@H]4O)c(-c4ccc([O-])c(O)c4)oc3c2)[C@H](O)[C@H](O)[C@H]1O.